The summed E-state index contributed by atoms with van der Waals surface area (Å²) in [6.45, 7) is 6.21. The number of aryl methyl sites for hydroxylation is 1. The molecule has 2 aromatic rings. The molecule has 2 aliphatic heterocycles. The van der Waals surface area contributed by atoms with Crippen molar-refractivity contribution < 1.29 is 17.6 Å². The Morgan fingerprint density at radius 3 is 2.55 bits per heavy atom. The van der Waals surface area contributed by atoms with E-state index in [-0.39, 0.29) is 40.5 Å². The van der Waals surface area contributed by atoms with Crippen LogP contribution in [0.25, 0.3) is 0 Å². The van der Waals surface area contributed by atoms with Crippen molar-refractivity contribution in [3.05, 3.63) is 46.0 Å². The topological polar surface area (TPSA) is 75.5 Å². The maximum Gasteiger partial charge on any atom is 0.227 e. The molecule has 0 N–H and O–H groups in total. The van der Waals surface area contributed by atoms with E-state index < -0.39 is 15.7 Å². The first-order valence-corrected chi connectivity index (χ1v) is 12.6. The van der Waals surface area contributed by atoms with Crippen LogP contribution in [0.1, 0.15) is 29.4 Å². The van der Waals surface area contributed by atoms with Crippen LogP contribution in [0.15, 0.2) is 18.2 Å². The van der Waals surface area contributed by atoms with Crippen LogP contribution in [0.3, 0.4) is 0 Å². The predicted molar refractivity (Wildman–Crippen MR) is 118 cm³/mol. The molecule has 1 aromatic heterocycles. The summed E-state index contributed by atoms with van der Waals surface area (Å²) < 4.78 is 39.6. The van der Waals surface area contributed by atoms with Crippen LogP contribution in [0, 0.1) is 19.7 Å². The van der Waals surface area contributed by atoms with Gasteiger partial charge >= 0.3 is 0 Å². The van der Waals surface area contributed by atoms with E-state index in [0.717, 1.165) is 17.1 Å². The molecule has 7 nitrogen and oxygen atoms in total. The third kappa shape index (κ3) is 4.43. The molecule has 2 fully saturated rings. The number of hydrogen-bond donors (Lipinski definition) is 0. The normalized spacial score (nSPS) is 21.0. The SMILES string of the molecule is Cc1nn([C@H]2CCS(=O)(=O)C2)c(C)c1N1CCN(C(=O)Cc2c(F)cccc2Cl)CC1. The number of hydrogen-bond acceptors (Lipinski definition) is 5. The number of piperazine rings is 1. The summed E-state index contributed by atoms with van der Waals surface area (Å²) in [5.74, 6) is -0.271. The number of sulfone groups is 1. The quantitative estimate of drug-likeness (QED) is 0.689. The summed E-state index contributed by atoms with van der Waals surface area (Å²) in [5.41, 5.74) is 3.06. The van der Waals surface area contributed by atoms with Gasteiger partial charge in [-0.1, -0.05) is 17.7 Å². The number of carbonyl (C=O) groups excluding carboxylic acids is 1. The van der Waals surface area contributed by atoms with E-state index >= 15 is 0 Å². The molecule has 1 amide bonds. The molecular formula is C21H26ClFN4O3S. The van der Waals surface area contributed by atoms with Gasteiger partial charge in [0.05, 0.1) is 41.0 Å². The largest absolute Gasteiger partial charge is 0.365 e. The highest BCUT2D eigenvalue weighted by Gasteiger charge is 2.33. The zero-order chi connectivity index (χ0) is 22.3. The van der Waals surface area contributed by atoms with Crippen molar-refractivity contribution in [1.29, 1.82) is 0 Å². The summed E-state index contributed by atoms with van der Waals surface area (Å²) in [5, 5.41) is 4.90. The molecule has 10 heteroatoms. The monoisotopic (exact) mass is 468 g/mol. The molecule has 0 radical (unpaired) electrons. The second kappa shape index (κ2) is 8.43. The molecule has 0 unspecified atom stereocenters. The highest BCUT2D eigenvalue weighted by Crippen LogP contribution is 2.32. The minimum atomic E-state index is -2.99. The van der Waals surface area contributed by atoms with Crippen molar-refractivity contribution >= 4 is 33.0 Å². The molecular weight excluding hydrogens is 443 g/mol. The van der Waals surface area contributed by atoms with E-state index in [1.54, 1.807) is 11.0 Å². The molecule has 1 atom stereocenters. The summed E-state index contributed by atoms with van der Waals surface area (Å²) in [4.78, 5) is 16.6. The second-order valence-corrected chi connectivity index (χ2v) is 10.9. The fourth-order valence-electron chi connectivity index (χ4n) is 4.58. The molecule has 2 saturated heterocycles. The van der Waals surface area contributed by atoms with Crippen molar-refractivity contribution in [2.75, 3.05) is 42.6 Å². The predicted octanol–water partition coefficient (Wildman–Crippen LogP) is 2.54. The van der Waals surface area contributed by atoms with Gasteiger partial charge in [-0.15, -0.1) is 0 Å². The highest BCUT2D eigenvalue weighted by atomic mass is 35.5. The van der Waals surface area contributed by atoms with Crippen molar-refractivity contribution in [2.45, 2.75) is 32.7 Å². The average Bonchev–Trinajstić information content (AvgIpc) is 3.23. The molecule has 3 heterocycles. The van der Waals surface area contributed by atoms with Gasteiger partial charge in [-0.3, -0.25) is 9.48 Å². The van der Waals surface area contributed by atoms with Crippen molar-refractivity contribution in [2.24, 2.45) is 0 Å². The maximum absolute atomic E-state index is 14.0. The van der Waals surface area contributed by atoms with E-state index in [9.17, 15) is 17.6 Å². The minimum Gasteiger partial charge on any atom is -0.365 e. The number of benzene rings is 1. The summed E-state index contributed by atoms with van der Waals surface area (Å²) in [6, 6.07) is 4.30. The number of carbonyl (C=O) groups is 1. The van der Waals surface area contributed by atoms with Gasteiger partial charge in [0.25, 0.3) is 0 Å². The van der Waals surface area contributed by atoms with E-state index in [1.807, 2.05) is 18.5 Å². The van der Waals surface area contributed by atoms with Crippen LogP contribution in [-0.4, -0.2) is 66.7 Å². The first-order chi connectivity index (χ1) is 14.7. The van der Waals surface area contributed by atoms with Gasteiger partial charge in [0.1, 0.15) is 5.82 Å². The molecule has 0 spiro atoms. The van der Waals surface area contributed by atoms with E-state index in [1.165, 1.54) is 12.1 Å². The molecule has 31 heavy (non-hydrogen) atoms. The molecule has 0 aliphatic carbocycles. The summed E-state index contributed by atoms with van der Waals surface area (Å²) >= 11 is 6.06. The van der Waals surface area contributed by atoms with Crippen molar-refractivity contribution in [1.82, 2.24) is 14.7 Å². The van der Waals surface area contributed by atoms with E-state index in [2.05, 4.69) is 10.00 Å². The molecule has 4 rings (SSSR count). The Morgan fingerprint density at radius 2 is 1.94 bits per heavy atom. The van der Waals surface area contributed by atoms with E-state index in [4.69, 9.17) is 11.6 Å². The second-order valence-electron chi connectivity index (χ2n) is 8.27. The van der Waals surface area contributed by atoms with Crippen molar-refractivity contribution in [3.63, 3.8) is 0 Å². The first-order valence-electron chi connectivity index (χ1n) is 10.4. The Morgan fingerprint density at radius 1 is 1.23 bits per heavy atom. The third-order valence-electron chi connectivity index (χ3n) is 6.18. The van der Waals surface area contributed by atoms with Gasteiger partial charge in [-0.05, 0) is 32.4 Å². The third-order valence-corrected chi connectivity index (χ3v) is 8.28. The molecule has 2 aliphatic rings. The van der Waals surface area contributed by atoms with Gasteiger partial charge in [0, 0.05) is 36.8 Å². The molecule has 0 bridgehead atoms. The fourth-order valence-corrected chi connectivity index (χ4v) is 6.50. The Balaban J connectivity index is 1.43. The van der Waals surface area contributed by atoms with Crippen LogP contribution in [0.5, 0.6) is 0 Å². The molecule has 1 aromatic carbocycles. The van der Waals surface area contributed by atoms with Gasteiger partial charge < -0.3 is 9.80 Å². The van der Waals surface area contributed by atoms with Crippen LogP contribution >= 0.6 is 11.6 Å². The van der Waals surface area contributed by atoms with Gasteiger partial charge in [-0.25, -0.2) is 12.8 Å². The lowest BCUT2D eigenvalue weighted by Crippen LogP contribution is -2.49. The van der Waals surface area contributed by atoms with Crippen LogP contribution in [-0.2, 0) is 21.1 Å². The van der Waals surface area contributed by atoms with Crippen LogP contribution < -0.4 is 4.90 Å². The Hall–Kier alpha value is -2.13. The van der Waals surface area contributed by atoms with Gasteiger partial charge in [-0.2, -0.15) is 5.10 Å². The minimum absolute atomic E-state index is 0.0579. The van der Waals surface area contributed by atoms with Gasteiger partial charge in [0.2, 0.25) is 5.91 Å². The summed E-state index contributed by atoms with van der Waals surface area (Å²) in [7, 11) is -2.99. The summed E-state index contributed by atoms with van der Waals surface area (Å²) in [6.07, 6.45) is 0.530. The lowest BCUT2D eigenvalue weighted by molar-refractivity contribution is -0.130. The lowest BCUT2D eigenvalue weighted by atomic mass is 10.1. The van der Waals surface area contributed by atoms with Crippen LogP contribution in [0.2, 0.25) is 5.02 Å². The zero-order valence-corrected chi connectivity index (χ0v) is 19.2. The average molecular weight is 469 g/mol. The van der Waals surface area contributed by atoms with E-state index in [0.29, 0.717) is 32.6 Å². The Kier molecular flexibility index (Phi) is 6.00. The maximum atomic E-state index is 14.0. The zero-order valence-electron chi connectivity index (χ0n) is 17.6. The number of aromatic nitrogens is 2. The smallest absolute Gasteiger partial charge is 0.227 e. The fraction of sp³-hybridized carbons (Fsp3) is 0.524. The lowest BCUT2D eigenvalue weighted by Gasteiger charge is -2.36. The first kappa shape index (κ1) is 22.1. The standard InChI is InChI=1S/C21H26ClFN4O3S/c1-14-21(15(2)27(24-14)16-6-11-31(29,30)13-16)26-9-7-25(8-10-26)20(28)12-17-18(22)4-3-5-19(17)23/h3-5,16H,6-13H2,1-2H3/t16-/m0/s1. The Bertz CT molecular complexity index is 1090. The molecule has 0 saturated carbocycles. The number of halogens is 2. The number of amides is 1. The number of anilines is 1. The highest BCUT2D eigenvalue weighted by molar-refractivity contribution is 7.91. The Labute approximate surface area is 186 Å². The van der Waals surface area contributed by atoms with Crippen LogP contribution in [0.4, 0.5) is 10.1 Å². The number of nitrogens with zero attached hydrogens (tertiary/aromatic N) is 4. The number of rotatable bonds is 4. The van der Waals surface area contributed by atoms with Crippen molar-refractivity contribution in [3.8, 4) is 0 Å². The van der Waals surface area contributed by atoms with Gasteiger partial charge in [0.15, 0.2) is 9.84 Å². The molecule has 168 valence electrons.